The van der Waals surface area contributed by atoms with Crippen molar-refractivity contribution in [3.63, 3.8) is 0 Å². The van der Waals surface area contributed by atoms with E-state index in [0.717, 1.165) is 31.4 Å². The van der Waals surface area contributed by atoms with Crippen LogP contribution < -0.4 is 10.2 Å². The molecule has 2 atom stereocenters. The molecule has 130 valence electrons. The van der Waals surface area contributed by atoms with E-state index >= 15 is 0 Å². The molecule has 0 aliphatic carbocycles. The van der Waals surface area contributed by atoms with Crippen molar-refractivity contribution in [1.82, 2.24) is 5.32 Å². The van der Waals surface area contributed by atoms with Gasteiger partial charge in [0.25, 0.3) is 0 Å². The van der Waals surface area contributed by atoms with Crippen molar-refractivity contribution in [1.29, 1.82) is 0 Å². The highest BCUT2D eigenvalue weighted by Crippen LogP contribution is 2.26. The van der Waals surface area contributed by atoms with E-state index < -0.39 is 0 Å². The Kier molecular flexibility index (Phi) is 9.56. The topological polar surface area (TPSA) is 32.3 Å². The second kappa shape index (κ2) is 10.9. The van der Waals surface area contributed by atoms with Gasteiger partial charge in [-0.2, -0.15) is 25.3 Å². The Morgan fingerprint density at radius 3 is 2.39 bits per heavy atom. The summed E-state index contributed by atoms with van der Waals surface area (Å²) in [6, 6.07) is 8.55. The molecule has 5 heteroatoms. The van der Waals surface area contributed by atoms with Crippen LogP contribution in [-0.2, 0) is 4.79 Å². The lowest BCUT2D eigenvalue weighted by atomic mass is 10.0. The predicted molar refractivity (Wildman–Crippen MR) is 107 cm³/mol. The zero-order chi connectivity index (χ0) is 17.2. The Balaban J connectivity index is 2.37. The number of nitrogens with zero attached hydrogens (tertiary/aromatic N) is 1. The van der Waals surface area contributed by atoms with Gasteiger partial charge >= 0.3 is 0 Å². The van der Waals surface area contributed by atoms with Crippen molar-refractivity contribution < 1.29 is 4.79 Å². The number of unbranched alkanes of at least 4 members (excludes halogenated alkanes) is 2. The Bertz CT molecular complexity index is 463. The second-order valence-electron chi connectivity index (χ2n) is 6.24. The molecule has 0 aromatic heterocycles. The molecule has 1 aromatic carbocycles. The summed E-state index contributed by atoms with van der Waals surface area (Å²) in [7, 11) is 4.06. The summed E-state index contributed by atoms with van der Waals surface area (Å²) < 4.78 is 0. The smallest absolute Gasteiger partial charge is 0.220 e. The van der Waals surface area contributed by atoms with Gasteiger partial charge in [0, 0.05) is 37.5 Å². The monoisotopic (exact) mass is 354 g/mol. The van der Waals surface area contributed by atoms with Gasteiger partial charge in [-0.25, -0.2) is 0 Å². The van der Waals surface area contributed by atoms with Gasteiger partial charge in [0.1, 0.15) is 0 Å². The van der Waals surface area contributed by atoms with Gasteiger partial charge in [0.2, 0.25) is 5.91 Å². The van der Waals surface area contributed by atoms with Crippen molar-refractivity contribution in [2.45, 2.75) is 50.3 Å². The van der Waals surface area contributed by atoms with Crippen LogP contribution in [-0.4, -0.2) is 31.8 Å². The third-order valence-corrected chi connectivity index (χ3v) is 4.67. The lowest BCUT2D eigenvalue weighted by molar-refractivity contribution is -0.121. The summed E-state index contributed by atoms with van der Waals surface area (Å²) in [5, 5.41) is 3.20. The summed E-state index contributed by atoms with van der Waals surface area (Å²) in [6.07, 6.45) is 4.52. The number of carbonyl (C=O) groups excluding carboxylic acids is 1. The van der Waals surface area contributed by atoms with Gasteiger partial charge in [-0.05, 0) is 49.6 Å². The molecule has 0 spiro atoms. The fraction of sp³-hybridized carbons (Fsp3) is 0.611. The van der Waals surface area contributed by atoms with Crippen molar-refractivity contribution in [3.05, 3.63) is 29.8 Å². The molecule has 1 rings (SSSR count). The fourth-order valence-corrected chi connectivity index (χ4v) is 3.16. The first-order valence-electron chi connectivity index (χ1n) is 8.29. The van der Waals surface area contributed by atoms with Gasteiger partial charge < -0.3 is 10.2 Å². The van der Waals surface area contributed by atoms with Crippen molar-refractivity contribution in [2.24, 2.45) is 0 Å². The minimum atomic E-state index is 0.128. The number of nitrogens with one attached hydrogen (secondary N) is 1. The van der Waals surface area contributed by atoms with Crippen LogP contribution in [0.3, 0.4) is 0 Å². The number of carbonyl (C=O) groups is 1. The minimum absolute atomic E-state index is 0.128. The average Bonchev–Trinajstić information content (AvgIpc) is 2.51. The molecule has 23 heavy (non-hydrogen) atoms. The maximum atomic E-state index is 11.9. The van der Waals surface area contributed by atoms with Crippen LogP contribution in [0.15, 0.2) is 24.3 Å². The molecular formula is C18H30N2OS2. The molecule has 1 amide bonds. The Labute approximate surface area is 152 Å². The number of anilines is 1. The summed E-state index contributed by atoms with van der Waals surface area (Å²) in [4.78, 5) is 14.0. The SMILES string of the molecule is CC(CC(S)c1ccc(N(C)C)cc1)NC(=O)CCCCCS. The molecule has 0 heterocycles. The van der Waals surface area contributed by atoms with E-state index in [0.29, 0.717) is 6.42 Å². The molecule has 0 aliphatic heterocycles. The molecule has 0 bridgehead atoms. The fourth-order valence-electron chi connectivity index (χ4n) is 2.45. The number of rotatable bonds is 10. The van der Waals surface area contributed by atoms with E-state index in [1.54, 1.807) is 0 Å². The summed E-state index contributed by atoms with van der Waals surface area (Å²) in [5.74, 6) is 1.03. The normalized spacial score (nSPS) is 13.4. The molecule has 0 aliphatic rings. The first kappa shape index (κ1) is 20.2. The molecule has 2 unspecified atom stereocenters. The third-order valence-electron chi connectivity index (χ3n) is 3.84. The van der Waals surface area contributed by atoms with E-state index in [-0.39, 0.29) is 17.2 Å². The minimum Gasteiger partial charge on any atom is -0.378 e. The van der Waals surface area contributed by atoms with E-state index in [4.69, 9.17) is 12.6 Å². The van der Waals surface area contributed by atoms with E-state index in [1.807, 2.05) is 21.0 Å². The third kappa shape index (κ3) is 8.02. The molecule has 0 saturated carbocycles. The lowest BCUT2D eigenvalue weighted by Gasteiger charge is -2.19. The van der Waals surface area contributed by atoms with Crippen molar-refractivity contribution >= 4 is 36.9 Å². The first-order chi connectivity index (χ1) is 10.9. The molecule has 0 fully saturated rings. The summed E-state index contributed by atoms with van der Waals surface area (Å²) in [6.45, 7) is 2.04. The van der Waals surface area contributed by atoms with Crippen LogP contribution in [0.2, 0.25) is 0 Å². The zero-order valence-corrected chi connectivity index (χ0v) is 16.2. The Hall–Kier alpha value is -0.810. The average molecular weight is 355 g/mol. The van der Waals surface area contributed by atoms with Gasteiger partial charge in [0.05, 0.1) is 0 Å². The summed E-state index contributed by atoms with van der Waals surface area (Å²) >= 11 is 8.87. The number of amides is 1. The molecule has 0 saturated heterocycles. The largest absolute Gasteiger partial charge is 0.378 e. The van der Waals surface area contributed by atoms with Crippen LogP contribution in [0.5, 0.6) is 0 Å². The predicted octanol–water partition coefficient (Wildman–Crippen LogP) is 4.11. The lowest BCUT2D eigenvalue weighted by Crippen LogP contribution is -2.33. The summed E-state index contributed by atoms with van der Waals surface area (Å²) in [5.41, 5.74) is 2.37. The maximum absolute atomic E-state index is 11.9. The van der Waals surface area contributed by atoms with Crippen molar-refractivity contribution in [3.8, 4) is 0 Å². The van der Waals surface area contributed by atoms with E-state index in [2.05, 4.69) is 47.1 Å². The van der Waals surface area contributed by atoms with Crippen LogP contribution in [0.25, 0.3) is 0 Å². The number of thiol groups is 2. The maximum Gasteiger partial charge on any atom is 0.220 e. The molecule has 1 aromatic rings. The van der Waals surface area contributed by atoms with Crippen LogP contribution in [0, 0.1) is 0 Å². The first-order valence-corrected chi connectivity index (χ1v) is 9.44. The zero-order valence-electron chi connectivity index (χ0n) is 14.5. The number of hydrogen-bond donors (Lipinski definition) is 3. The van der Waals surface area contributed by atoms with Crippen molar-refractivity contribution in [2.75, 3.05) is 24.7 Å². The molecule has 1 N–H and O–H groups in total. The Morgan fingerprint density at radius 2 is 1.83 bits per heavy atom. The highest BCUT2D eigenvalue weighted by Gasteiger charge is 2.13. The highest BCUT2D eigenvalue weighted by atomic mass is 32.1. The van der Waals surface area contributed by atoms with Gasteiger partial charge in [-0.1, -0.05) is 18.6 Å². The van der Waals surface area contributed by atoms with Gasteiger partial charge in [0.15, 0.2) is 0 Å². The number of benzene rings is 1. The van der Waals surface area contributed by atoms with Crippen LogP contribution >= 0.6 is 25.3 Å². The number of hydrogen-bond acceptors (Lipinski definition) is 4. The standard InChI is InChI=1S/C18H30N2OS2/c1-14(19-18(21)7-5-4-6-12-22)13-17(23)15-8-10-16(11-9-15)20(2)3/h8-11,14,17,22-23H,4-7,12-13H2,1-3H3,(H,19,21). The van der Waals surface area contributed by atoms with E-state index in [1.165, 1.54) is 11.3 Å². The van der Waals surface area contributed by atoms with Gasteiger partial charge in [-0.3, -0.25) is 4.79 Å². The molecule has 0 radical (unpaired) electrons. The van der Waals surface area contributed by atoms with Gasteiger partial charge in [-0.15, -0.1) is 0 Å². The van der Waals surface area contributed by atoms with E-state index in [9.17, 15) is 4.79 Å². The Morgan fingerprint density at radius 1 is 1.17 bits per heavy atom. The van der Waals surface area contributed by atoms with Crippen LogP contribution in [0.4, 0.5) is 5.69 Å². The quantitative estimate of drug-likeness (QED) is 0.436. The molecular weight excluding hydrogens is 324 g/mol. The van der Waals surface area contributed by atoms with Crippen LogP contribution in [0.1, 0.15) is 49.8 Å². The second-order valence-corrected chi connectivity index (χ2v) is 7.31. The highest BCUT2D eigenvalue weighted by molar-refractivity contribution is 7.80. The molecule has 3 nitrogen and oxygen atoms in total.